The number of esters is 1. The molecular weight excluding hydrogens is 346 g/mol. The standard InChI is InChI=1S/C20H19N3O4/c1-26-17-9-8-13(12-22-17)11-16(20(25)27-2)23-19(24)15-7-3-5-14-6-4-10-21-18(14)15/h3-10,12,16H,11H2,1-2H3,(H,23,24)/t16-/m1/s1. The normalized spacial score (nSPS) is 11.6. The van der Waals surface area contributed by atoms with Gasteiger partial charge in [-0.25, -0.2) is 9.78 Å². The van der Waals surface area contributed by atoms with Crippen LogP contribution in [0.15, 0.2) is 54.9 Å². The molecule has 0 saturated carbocycles. The molecule has 138 valence electrons. The first-order valence-corrected chi connectivity index (χ1v) is 8.33. The van der Waals surface area contributed by atoms with Gasteiger partial charge in [-0.05, 0) is 17.7 Å². The summed E-state index contributed by atoms with van der Waals surface area (Å²) in [5.41, 5.74) is 1.74. The fourth-order valence-corrected chi connectivity index (χ4v) is 2.75. The minimum absolute atomic E-state index is 0.244. The van der Waals surface area contributed by atoms with Crippen molar-refractivity contribution in [2.24, 2.45) is 0 Å². The molecule has 1 atom stereocenters. The fraction of sp³-hybridized carbons (Fsp3) is 0.200. The van der Waals surface area contributed by atoms with Gasteiger partial charge in [0.25, 0.3) is 5.91 Å². The van der Waals surface area contributed by atoms with Gasteiger partial charge in [0.15, 0.2) is 0 Å². The molecule has 1 N–H and O–H groups in total. The maximum atomic E-state index is 12.8. The Labute approximate surface area is 156 Å². The number of methoxy groups -OCH3 is 2. The molecule has 0 aliphatic rings. The minimum Gasteiger partial charge on any atom is -0.481 e. The summed E-state index contributed by atoms with van der Waals surface area (Å²) in [5.74, 6) is -0.456. The molecule has 0 aliphatic carbocycles. The van der Waals surface area contributed by atoms with Crippen LogP contribution in [-0.4, -0.2) is 42.1 Å². The Hall–Kier alpha value is -3.48. The van der Waals surface area contributed by atoms with Crippen LogP contribution in [0.1, 0.15) is 15.9 Å². The van der Waals surface area contributed by atoms with Gasteiger partial charge in [0, 0.05) is 30.3 Å². The van der Waals surface area contributed by atoms with Crippen LogP contribution >= 0.6 is 0 Å². The van der Waals surface area contributed by atoms with Crippen molar-refractivity contribution in [3.63, 3.8) is 0 Å². The van der Waals surface area contributed by atoms with E-state index in [0.29, 0.717) is 17.0 Å². The van der Waals surface area contributed by atoms with Gasteiger partial charge in [-0.2, -0.15) is 0 Å². The molecule has 27 heavy (non-hydrogen) atoms. The lowest BCUT2D eigenvalue weighted by Gasteiger charge is -2.17. The number of benzene rings is 1. The number of ether oxygens (including phenoxy) is 2. The van der Waals surface area contributed by atoms with Crippen molar-refractivity contribution < 1.29 is 19.1 Å². The molecule has 0 bridgehead atoms. The van der Waals surface area contributed by atoms with Crippen LogP contribution in [-0.2, 0) is 16.0 Å². The highest BCUT2D eigenvalue weighted by Crippen LogP contribution is 2.16. The van der Waals surface area contributed by atoms with Gasteiger partial charge in [-0.3, -0.25) is 9.78 Å². The van der Waals surface area contributed by atoms with Crippen molar-refractivity contribution in [3.8, 4) is 5.88 Å². The number of nitrogens with zero attached hydrogens (tertiary/aromatic N) is 2. The number of carbonyl (C=O) groups is 2. The van der Waals surface area contributed by atoms with Crippen molar-refractivity contribution in [2.75, 3.05) is 14.2 Å². The van der Waals surface area contributed by atoms with Gasteiger partial charge < -0.3 is 14.8 Å². The Morgan fingerprint density at radius 2 is 1.89 bits per heavy atom. The van der Waals surface area contributed by atoms with Gasteiger partial charge in [0.1, 0.15) is 6.04 Å². The molecule has 0 unspecified atom stereocenters. The molecule has 0 aliphatic heterocycles. The monoisotopic (exact) mass is 365 g/mol. The third kappa shape index (κ3) is 4.20. The average molecular weight is 365 g/mol. The number of carbonyl (C=O) groups excluding carboxylic acids is 2. The van der Waals surface area contributed by atoms with E-state index in [0.717, 1.165) is 10.9 Å². The van der Waals surface area contributed by atoms with Gasteiger partial charge >= 0.3 is 5.97 Å². The molecule has 0 radical (unpaired) electrons. The number of amides is 1. The van der Waals surface area contributed by atoms with Crippen molar-refractivity contribution in [3.05, 3.63) is 66.0 Å². The first kappa shape index (κ1) is 18.3. The highest BCUT2D eigenvalue weighted by atomic mass is 16.5. The second-order valence-corrected chi connectivity index (χ2v) is 5.84. The molecule has 2 aromatic heterocycles. The summed E-state index contributed by atoms with van der Waals surface area (Å²) in [7, 11) is 2.81. The van der Waals surface area contributed by atoms with E-state index in [1.165, 1.54) is 14.2 Å². The molecular formula is C20H19N3O4. The zero-order chi connectivity index (χ0) is 19.2. The van der Waals surface area contributed by atoms with Crippen molar-refractivity contribution in [2.45, 2.75) is 12.5 Å². The number of fused-ring (bicyclic) bond motifs is 1. The van der Waals surface area contributed by atoms with E-state index in [-0.39, 0.29) is 6.42 Å². The van der Waals surface area contributed by atoms with Crippen LogP contribution in [0.5, 0.6) is 5.88 Å². The van der Waals surface area contributed by atoms with Crippen LogP contribution in [0.4, 0.5) is 0 Å². The molecule has 0 saturated heterocycles. The largest absolute Gasteiger partial charge is 0.481 e. The first-order chi connectivity index (χ1) is 13.1. The average Bonchev–Trinajstić information content (AvgIpc) is 2.72. The number of hydrogen-bond acceptors (Lipinski definition) is 6. The first-order valence-electron chi connectivity index (χ1n) is 8.33. The van der Waals surface area contributed by atoms with Gasteiger partial charge in [0.05, 0.1) is 25.3 Å². The molecule has 7 heteroatoms. The predicted octanol–water partition coefficient (Wildman–Crippen LogP) is 2.15. The Bertz CT molecular complexity index is 952. The van der Waals surface area contributed by atoms with Crippen molar-refractivity contribution in [1.82, 2.24) is 15.3 Å². The summed E-state index contributed by atoms with van der Waals surface area (Å²) < 4.78 is 9.87. The van der Waals surface area contributed by atoms with Crippen LogP contribution in [0.25, 0.3) is 10.9 Å². The molecule has 1 aromatic carbocycles. The zero-order valence-corrected chi connectivity index (χ0v) is 15.0. The lowest BCUT2D eigenvalue weighted by molar-refractivity contribution is -0.142. The summed E-state index contributed by atoms with van der Waals surface area (Å²) in [5, 5.41) is 3.59. The zero-order valence-electron chi connectivity index (χ0n) is 15.0. The third-order valence-electron chi connectivity index (χ3n) is 4.11. The van der Waals surface area contributed by atoms with E-state index in [1.807, 2.05) is 12.1 Å². The molecule has 1 amide bonds. The van der Waals surface area contributed by atoms with E-state index in [1.54, 1.807) is 42.7 Å². The van der Waals surface area contributed by atoms with Crippen LogP contribution in [0.2, 0.25) is 0 Å². The Morgan fingerprint density at radius 1 is 1.07 bits per heavy atom. The summed E-state index contributed by atoms with van der Waals surface area (Å²) >= 11 is 0. The van der Waals surface area contributed by atoms with Crippen LogP contribution in [0.3, 0.4) is 0 Å². The van der Waals surface area contributed by atoms with E-state index in [9.17, 15) is 9.59 Å². The lowest BCUT2D eigenvalue weighted by atomic mass is 10.1. The quantitative estimate of drug-likeness (QED) is 0.673. The number of nitrogens with one attached hydrogen (secondary N) is 1. The molecule has 3 aromatic rings. The summed E-state index contributed by atoms with van der Waals surface area (Å²) in [4.78, 5) is 33.4. The SMILES string of the molecule is COC(=O)[C@@H](Cc1ccc(OC)nc1)NC(=O)c1cccc2cccnc12. The van der Waals surface area contributed by atoms with Crippen LogP contribution in [0, 0.1) is 0 Å². The highest BCUT2D eigenvalue weighted by molar-refractivity contribution is 6.06. The highest BCUT2D eigenvalue weighted by Gasteiger charge is 2.24. The fourth-order valence-electron chi connectivity index (χ4n) is 2.75. The maximum Gasteiger partial charge on any atom is 0.328 e. The Morgan fingerprint density at radius 3 is 2.59 bits per heavy atom. The predicted molar refractivity (Wildman–Crippen MR) is 99.5 cm³/mol. The Kier molecular flexibility index (Phi) is 5.61. The number of rotatable bonds is 6. The third-order valence-corrected chi connectivity index (χ3v) is 4.11. The summed E-state index contributed by atoms with van der Waals surface area (Å²) in [6.07, 6.45) is 3.47. The van der Waals surface area contributed by atoms with Crippen molar-refractivity contribution in [1.29, 1.82) is 0 Å². The lowest BCUT2D eigenvalue weighted by Crippen LogP contribution is -2.43. The molecule has 0 fully saturated rings. The second kappa shape index (κ2) is 8.27. The van der Waals surface area contributed by atoms with Gasteiger partial charge in [-0.15, -0.1) is 0 Å². The molecule has 7 nitrogen and oxygen atoms in total. The summed E-state index contributed by atoms with van der Waals surface area (Å²) in [6.45, 7) is 0. The van der Waals surface area contributed by atoms with E-state index >= 15 is 0 Å². The number of pyridine rings is 2. The molecule has 3 rings (SSSR count). The number of para-hydroxylation sites is 1. The molecule has 2 heterocycles. The van der Waals surface area contributed by atoms with Gasteiger partial charge in [0.2, 0.25) is 5.88 Å². The number of aromatic nitrogens is 2. The maximum absolute atomic E-state index is 12.8. The molecule has 0 spiro atoms. The van der Waals surface area contributed by atoms with E-state index < -0.39 is 17.9 Å². The van der Waals surface area contributed by atoms with Crippen molar-refractivity contribution >= 4 is 22.8 Å². The summed E-state index contributed by atoms with van der Waals surface area (Å²) in [6, 6.07) is 11.6. The Balaban J connectivity index is 1.83. The van der Waals surface area contributed by atoms with Gasteiger partial charge in [-0.1, -0.05) is 24.3 Å². The number of hydrogen-bond donors (Lipinski definition) is 1. The van der Waals surface area contributed by atoms with E-state index in [2.05, 4.69) is 15.3 Å². The van der Waals surface area contributed by atoms with E-state index in [4.69, 9.17) is 9.47 Å². The minimum atomic E-state index is -0.850. The van der Waals surface area contributed by atoms with Crippen LogP contribution < -0.4 is 10.1 Å². The smallest absolute Gasteiger partial charge is 0.328 e. The second-order valence-electron chi connectivity index (χ2n) is 5.84. The topological polar surface area (TPSA) is 90.4 Å².